The van der Waals surface area contributed by atoms with Crippen LogP contribution < -0.4 is 10.1 Å². The van der Waals surface area contributed by atoms with E-state index in [4.69, 9.17) is 14.2 Å². The van der Waals surface area contributed by atoms with E-state index in [9.17, 15) is 14.0 Å². The smallest absolute Gasteiger partial charge is 0.350 e. The fraction of sp³-hybridized carbons (Fsp3) is 0.412. The first kappa shape index (κ1) is 17.8. The van der Waals surface area contributed by atoms with Gasteiger partial charge in [-0.25, -0.2) is 14.0 Å². The zero-order chi connectivity index (χ0) is 17.9. The Labute approximate surface area is 139 Å². The van der Waals surface area contributed by atoms with Gasteiger partial charge in [-0.2, -0.15) is 0 Å². The van der Waals surface area contributed by atoms with Crippen LogP contribution in [-0.2, 0) is 19.1 Å². The number of cyclic esters (lactones) is 2. The van der Waals surface area contributed by atoms with E-state index in [0.29, 0.717) is 12.4 Å². The fourth-order valence-corrected chi connectivity index (χ4v) is 1.93. The number of carbonyl (C=O) groups excluding carboxylic acids is 2. The summed E-state index contributed by atoms with van der Waals surface area (Å²) in [5.74, 6) is -2.74. The maximum absolute atomic E-state index is 13.5. The second-order valence-corrected chi connectivity index (χ2v) is 6.23. The molecular weight excluding hydrogens is 317 g/mol. The molecule has 1 aliphatic rings. The molecule has 1 heterocycles. The number of carbonyl (C=O) groups is 2. The van der Waals surface area contributed by atoms with Crippen LogP contribution in [0.25, 0.3) is 0 Å². The zero-order valence-electron chi connectivity index (χ0n) is 14.0. The van der Waals surface area contributed by atoms with Crippen molar-refractivity contribution in [2.24, 2.45) is 5.92 Å². The molecule has 1 aromatic carbocycles. The average molecular weight is 337 g/mol. The zero-order valence-corrected chi connectivity index (χ0v) is 14.0. The Bertz CT molecular complexity index is 660. The first-order chi connectivity index (χ1) is 11.2. The van der Waals surface area contributed by atoms with E-state index in [2.05, 4.69) is 5.32 Å². The molecule has 1 saturated heterocycles. The van der Waals surface area contributed by atoms with Gasteiger partial charge in [-0.15, -0.1) is 0 Å². The van der Waals surface area contributed by atoms with E-state index in [1.807, 2.05) is 13.8 Å². The molecule has 0 atom stereocenters. The van der Waals surface area contributed by atoms with Crippen LogP contribution in [0.3, 0.4) is 0 Å². The number of esters is 2. The topological polar surface area (TPSA) is 73.9 Å². The van der Waals surface area contributed by atoms with Crippen molar-refractivity contribution in [1.29, 1.82) is 0 Å². The number of anilines is 1. The van der Waals surface area contributed by atoms with Gasteiger partial charge in [-0.1, -0.05) is 13.8 Å². The van der Waals surface area contributed by atoms with Crippen molar-refractivity contribution in [2.75, 3.05) is 11.9 Å². The minimum absolute atomic E-state index is 0.284. The van der Waals surface area contributed by atoms with Gasteiger partial charge in [0, 0.05) is 26.1 Å². The first-order valence-corrected chi connectivity index (χ1v) is 7.53. The third-order valence-corrected chi connectivity index (χ3v) is 3.00. The summed E-state index contributed by atoms with van der Waals surface area (Å²) in [6.45, 7) is 7.31. The molecule has 1 N–H and O–H groups in total. The van der Waals surface area contributed by atoms with Crippen LogP contribution in [0.2, 0.25) is 0 Å². The highest BCUT2D eigenvalue weighted by atomic mass is 19.1. The summed E-state index contributed by atoms with van der Waals surface area (Å²) in [6.07, 6.45) is 1.12. The standard InChI is InChI=1S/C17H20FNO5/c1-10(2)9-22-14-6-5-11(18)7-13(14)19-8-12-15(20)23-17(3,4)24-16(12)21/h5-8,10,19H,9H2,1-4H3. The second-order valence-electron chi connectivity index (χ2n) is 6.23. The molecule has 0 spiro atoms. The highest BCUT2D eigenvalue weighted by Crippen LogP contribution is 2.27. The van der Waals surface area contributed by atoms with Crippen molar-refractivity contribution in [3.8, 4) is 5.75 Å². The Morgan fingerprint density at radius 1 is 1.25 bits per heavy atom. The summed E-state index contributed by atoms with van der Waals surface area (Å²) in [7, 11) is 0. The Morgan fingerprint density at radius 3 is 2.46 bits per heavy atom. The lowest BCUT2D eigenvalue weighted by Gasteiger charge is -2.29. The van der Waals surface area contributed by atoms with Crippen LogP contribution >= 0.6 is 0 Å². The molecule has 7 heteroatoms. The fourth-order valence-electron chi connectivity index (χ4n) is 1.93. The van der Waals surface area contributed by atoms with E-state index in [1.54, 1.807) is 0 Å². The molecule has 0 unspecified atom stereocenters. The Kier molecular flexibility index (Phi) is 5.11. The van der Waals surface area contributed by atoms with Crippen LogP contribution in [0.15, 0.2) is 30.0 Å². The van der Waals surface area contributed by atoms with Gasteiger partial charge in [0.25, 0.3) is 5.79 Å². The molecule has 0 amide bonds. The van der Waals surface area contributed by atoms with Crippen LogP contribution in [0, 0.1) is 11.7 Å². The van der Waals surface area contributed by atoms with Gasteiger partial charge in [0.1, 0.15) is 11.6 Å². The Morgan fingerprint density at radius 2 is 1.88 bits per heavy atom. The molecule has 6 nitrogen and oxygen atoms in total. The molecular formula is C17H20FNO5. The Balaban J connectivity index is 2.20. The van der Waals surface area contributed by atoms with E-state index in [1.165, 1.54) is 32.0 Å². The number of ether oxygens (including phenoxy) is 3. The van der Waals surface area contributed by atoms with E-state index in [-0.39, 0.29) is 17.2 Å². The number of halogens is 1. The minimum atomic E-state index is -1.31. The van der Waals surface area contributed by atoms with Crippen molar-refractivity contribution in [2.45, 2.75) is 33.5 Å². The van der Waals surface area contributed by atoms with Gasteiger partial charge in [0.15, 0.2) is 5.57 Å². The molecule has 130 valence electrons. The molecule has 0 saturated carbocycles. The first-order valence-electron chi connectivity index (χ1n) is 7.53. The summed E-state index contributed by atoms with van der Waals surface area (Å²) in [5.41, 5.74) is -0.0259. The van der Waals surface area contributed by atoms with Crippen molar-refractivity contribution in [1.82, 2.24) is 0 Å². The van der Waals surface area contributed by atoms with E-state index >= 15 is 0 Å². The summed E-state index contributed by atoms with van der Waals surface area (Å²) in [4.78, 5) is 23.7. The lowest BCUT2D eigenvalue weighted by molar-refractivity contribution is -0.222. The predicted octanol–water partition coefficient (Wildman–Crippen LogP) is 2.99. The number of rotatable bonds is 5. The van der Waals surface area contributed by atoms with E-state index < -0.39 is 23.5 Å². The minimum Gasteiger partial charge on any atom is -0.491 e. The summed E-state index contributed by atoms with van der Waals surface area (Å²) in [5, 5.41) is 2.71. The van der Waals surface area contributed by atoms with Gasteiger partial charge < -0.3 is 19.5 Å². The molecule has 0 radical (unpaired) electrons. The summed E-state index contributed by atoms with van der Waals surface area (Å²) < 4.78 is 29.0. The maximum Gasteiger partial charge on any atom is 0.350 e. The molecule has 0 bridgehead atoms. The molecule has 1 fully saturated rings. The van der Waals surface area contributed by atoms with Crippen LogP contribution in [0.1, 0.15) is 27.7 Å². The van der Waals surface area contributed by atoms with Gasteiger partial charge >= 0.3 is 11.9 Å². The molecule has 24 heavy (non-hydrogen) atoms. The number of hydrogen-bond acceptors (Lipinski definition) is 6. The van der Waals surface area contributed by atoms with Gasteiger partial charge in [0.05, 0.1) is 12.3 Å². The van der Waals surface area contributed by atoms with Crippen LogP contribution in [-0.4, -0.2) is 24.3 Å². The van der Waals surface area contributed by atoms with Crippen molar-refractivity contribution in [3.05, 3.63) is 35.8 Å². The number of nitrogens with one attached hydrogen (secondary N) is 1. The second kappa shape index (κ2) is 6.90. The molecule has 2 rings (SSSR count). The highest BCUT2D eigenvalue weighted by molar-refractivity contribution is 6.15. The largest absolute Gasteiger partial charge is 0.491 e. The lowest BCUT2D eigenvalue weighted by Crippen LogP contribution is -2.42. The average Bonchev–Trinajstić information content (AvgIpc) is 2.44. The van der Waals surface area contributed by atoms with Gasteiger partial charge in [-0.3, -0.25) is 0 Å². The van der Waals surface area contributed by atoms with Gasteiger partial charge in [-0.05, 0) is 18.1 Å². The van der Waals surface area contributed by atoms with Crippen LogP contribution in [0.4, 0.5) is 10.1 Å². The quantitative estimate of drug-likeness (QED) is 0.506. The lowest BCUT2D eigenvalue weighted by atomic mass is 10.2. The van der Waals surface area contributed by atoms with Crippen molar-refractivity contribution >= 4 is 17.6 Å². The predicted molar refractivity (Wildman–Crippen MR) is 84.7 cm³/mol. The monoisotopic (exact) mass is 337 g/mol. The van der Waals surface area contributed by atoms with Crippen molar-refractivity contribution in [3.63, 3.8) is 0 Å². The van der Waals surface area contributed by atoms with Crippen molar-refractivity contribution < 1.29 is 28.2 Å². The van der Waals surface area contributed by atoms with Crippen LogP contribution in [0.5, 0.6) is 5.75 Å². The highest BCUT2D eigenvalue weighted by Gasteiger charge is 2.38. The number of hydrogen-bond donors (Lipinski definition) is 1. The van der Waals surface area contributed by atoms with Gasteiger partial charge in [0.2, 0.25) is 0 Å². The Hall–Kier alpha value is -2.57. The molecule has 0 aliphatic carbocycles. The molecule has 1 aliphatic heterocycles. The molecule has 1 aromatic rings. The third-order valence-electron chi connectivity index (χ3n) is 3.00. The summed E-state index contributed by atoms with van der Waals surface area (Å²) in [6, 6.07) is 3.94. The third kappa shape index (κ3) is 4.47. The number of benzene rings is 1. The summed E-state index contributed by atoms with van der Waals surface area (Å²) >= 11 is 0. The maximum atomic E-state index is 13.5. The SMILES string of the molecule is CC(C)COc1ccc(F)cc1NC=C1C(=O)OC(C)(C)OC1=O. The molecule has 0 aromatic heterocycles. The normalized spacial score (nSPS) is 16.5. The van der Waals surface area contributed by atoms with E-state index in [0.717, 1.165) is 6.20 Å².